The highest BCUT2D eigenvalue weighted by Gasteiger charge is 2.29. The van der Waals surface area contributed by atoms with E-state index < -0.39 is 16.0 Å². The van der Waals surface area contributed by atoms with Crippen LogP contribution in [0.5, 0.6) is 0 Å². The number of benzene rings is 1. The minimum Gasteiger partial charge on any atom is -0.462 e. The molecule has 1 aliphatic rings. The lowest BCUT2D eigenvalue weighted by Crippen LogP contribution is -2.51. The Morgan fingerprint density at radius 2 is 1.69 bits per heavy atom. The lowest BCUT2D eigenvalue weighted by molar-refractivity contribution is -0.122. The van der Waals surface area contributed by atoms with Gasteiger partial charge in [0.1, 0.15) is 0 Å². The van der Waals surface area contributed by atoms with Crippen LogP contribution in [0.4, 0.5) is 0 Å². The standard InChI is InChI=1S/C17H25N3O5S/c1-3-18-16(21)13-19-9-11-20(12-10-19)26(23,24)15-7-5-14(6-8-15)17(22)25-4-2/h5-8H,3-4,9-13H2,1-2H3,(H,18,21). The van der Waals surface area contributed by atoms with Crippen molar-refractivity contribution in [2.45, 2.75) is 18.7 Å². The summed E-state index contributed by atoms with van der Waals surface area (Å²) >= 11 is 0. The molecule has 1 fully saturated rings. The maximum absolute atomic E-state index is 12.7. The van der Waals surface area contributed by atoms with E-state index >= 15 is 0 Å². The Kier molecular flexibility index (Phi) is 7.13. The first-order valence-corrected chi connectivity index (χ1v) is 10.1. The molecule has 0 atom stereocenters. The smallest absolute Gasteiger partial charge is 0.338 e. The molecule has 0 saturated carbocycles. The molecule has 0 aromatic heterocycles. The molecule has 144 valence electrons. The number of ether oxygens (including phenoxy) is 1. The summed E-state index contributed by atoms with van der Waals surface area (Å²) in [5.74, 6) is -0.534. The average molecular weight is 383 g/mol. The van der Waals surface area contributed by atoms with Crippen LogP contribution < -0.4 is 5.32 Å². The number of sulfonamides is 1. The van der Waals surface area contributed by atoms with Crippen LogP contribution in [0.2, 0.25) is 0 Å². The SMILES string of the molecule is CCNC(=O)CN1CCN(S(=O)(=O)c2ccc(C(=O)OCC)cc2)CC1. The number of carbonyl (C=O) groups is 2. The second-order valence-corrected chi connectivity index (χ2v) is 7.82. The van der Waals surface area contributed by atoms with Crippen LogP contribution in [0.3, 0.4) is 0 Å². The van der Waals surface area contributed by atoms with E-state index in [-0.39, 0.29) is 24.0 Å². The molecule has 1 aromatic rings. The third kappa shape index (κ3) is 5.03. The summed E-state index contributed by atoms with van der Waals surface area (Å²) in [4.78, 5) is 25.4. The predicted molar refractivity (Wildman–Crippen MR) is 96.3 cm³/mol. The predicted octanol–water partition coefficient (Wildman–Crippen LogP) is 0.306. The van der Waals surface area contributed by atoms with Crippen molar-refractivity contribution in [3.05, 3.63) is 29.8 Å². The van der Waals surface area contributed by atoms with Crippen molar-refractivity contribution in [2.75, 3.05) is 45.9 Å². The number of hydrogen-bond donors (Lipinski definition) is 1. The van der Waals surface area contributed by atoms with E-state index in [1.54, 1.807) is 6.92 Å². The van der Waals surface area contributed by atoms with E-state index in [0.29, 0.717) is 38.3 Å². The van der Waals surface area contributed by atoms with Crippen LogP contribution in [-0.2, 0) is 19.6 Å². The summed E-state index contributed by atoms with van der Waals surface area (Å²) in [6.07, 6.45) is 0. The molecule has 0 unspecified atom stereocenters. The van der Waals surface area contributed by atoms with E-state index in [9.17, 15) is 18.0 Å². The van der Waals surface area contributed by atoms with Crippen molar-refractivity contribution in [3.8, 4) is 0 Å². The van der Waals surface area contributed by atoms with Crippen molar-refractivity contribution in [1.82, 2.24) is 14.5 Å². The highest BCUT2D eigenvalue weighted by Crippen LogP contribution is 2.18. The maximum Gasteiger partial charge on any atom is 0.338 e. The van der Waals surface area contributed by atoms with Gasteiger partial charge in [-0.2, -0.15) is 4.31 Å². The quantitative estimate of drug-likeness (QED) is 0.681. The third-order valence-electron chi connectivity index (χ3n) is 4.08. The van der Waals surface area contributed by atoms with E-state index in [2.05, 4.69) is 5.32 Å². The average Bonchev–Trinajstić information content (AvgIpc) is 2.62. The Morgan fingerprint density at radius 3 is 2.23 bits per heavy atom. The molecule has 1 saturated heterocycles. The normalized spacial score (nSPS) is 16.2. The van der Waals surface area contributed by atoms with Crippen LogP contribution in [0.1, 0.15) is 24.2 Å². The molecule has 8 nitrogen and oxygen atoms in total. The minimum absolute atomic E-state index is 0.0571. The van der Waals surface area contributed by atoms with Crippen LogP contribution in [0, 0.1) is 0 Å². The summed E-state index contributed by atoms with van der Waals surface area (Å²) in [6, 6.07) is 5.75. The van der Waals surface area contributed by atoms with Gasteiger partial charge in [-0.05, 0) is 38.1 Å². The fraction of sp³-hybridized carbons (Fsp3) is 0.529. The summed E-state index contributed by atoms with van der Waals surface area (Å²) in [5.41, 5.74) is 0.317. The van der Waals surface area contributed by atoms with Crippen LogP contribution >= 0.6 is 0 Å². The van der Waals surface area contributed by atoms with Gasteiger partial charge in [0.25, 0.3) is 0 Å². The van der Waals surface area contributed by atoms with Gasteiger partial charge in [-0.15, -0.1) is 0 Å². The molecule has 26 heavy (non-hydrogen) atoms. The van der Waals surface area contributed by atoms with Crippen molar-refractivity contribution < 1.29 is 22.7 Å². The highest BCUT2D eigenvalue weighted by molar-refractivity contribution is 7.89. The number of nitrogens with zero attached hydrogens (tertiary/aromatic N) is 2. The molecule has 0 radical (unpaired) electrons. The van der Waals surface area contributed by atoms with Crippen LogP contribution in [0.25, 0.3) is 0 Å². The zero-order chi connectivity index (χ0) is 19.2. The number of esters is 1. The maximum atomic E-state index is 12.7. The van der Waals surface area contributed by atoms with E-state index in [1.165, 1.54) is 28.6 Å². The van der Waals surface area contributed by atoms with Crippen LogP contribution in [-0.4, -0.2) is 75.4 Å². The van der Waals surface area contributed by atoms with E-state index in [0.717, 1.165) is 0 Å². The second-order valence-electron chi connectivity index (χ2n) is 5.88. The molecule has 9 heteroatoms. The molecule has 1 aromatic carbocycles. The number of nitrogens with one attached hydrogen (secondary N) is 1. The Labute approximate surface area is 154 Å². The Bertz CT molecular complexity index is 725. The molecular formula is C17H25N3O5S. The summed E-state index contributed by atoms with van der Waals surface area (Å²) < 4.78 is 31.8. The number of likely N-dealkylation sites (N-methyl/N-ethyl adjacent to an activating group) is 1. The number of amides is 1. The van der Waals surface area contributed by atoms with Gasteiger partial charge in [-0.25, -0.2) is 13.2 Å². The van der Waals surface area contributed by atoms with Gasteiger partial charge in [0.15, 0.2) is 0 Å². The molecule has 1 N–H and O–H groups in total. The van der Waals surface area contributed by atoms with Crippen molar-refractivity contribution in [3.63, 3.8) is 0 Å². The Balaban J connectivity index is 1.98. The lowest BCUT2D eigenvalue weighted by atomic mass is 10.2. The molecular weight excluding hydrogens is 358 g/mol. The fourth-order valence-electron chi connectivity index (χ4n) is 2.71. The number of piperazine rings is 1. The zero-order valence-electron chi connectivity index (χ0n) is 15.1. The van der Waals surface area contributed by atoms with Gasteiger partial charge >= 0.3 is 5.97 Å². The first-order valence-electron chi connectivity index (χ1n) is 8.64. The molecule has 2 rings (SSSR count). The monoisotopic (exact) mass is 383 g/mol. The second kappa shape index (κ2) is 9.11. The summed E-state index contributed by atoms with van der Waals surface area (Å²) in [7, 11) is -3.62. The van der Waals surface area contributed by atoms with E-state index in [1.807, 2.05) is 11.8 Å². The first-order chi connectivity index (χ1) is 12.4. The van der Waals surface area contributed by atoms with Gasteiger partial charge in [0, 0.05) is 32.7 Å². The number of hydrogen-bond acceptors (Lipinski definition) is 6. The van der Waals surface area contributed by atoms with Crippen molar-refractivity contribution in [1.29, 1.82) is 0 Å². The molecule has 0 aliphatic carbocycles. The Morgan fingerprint density at radius 1 is 1.08 bits per heavy atom. The van der Waals surface area contributed by atoms with Gasteiger partial charge in [0.2, 0.25) is 15.9 Å². The molecule has 1 aliphatic heterocycles. The van der Waals surface area contributed by atoms with Gasteiger partial charge in [-0.1, -0.05) is 0 Å². The Hall–Kier alpha value is -1.97. The van der Waals surface area contributed by atoms with Gasteiger partial charge in [-0.3, -0.25) is 9.69 Å². The summed E-state index contributed by atoms with van der Waals surface area (Å²) in [5, 5.41) is 2.73. The molecule has 0 spiro atoms. The summed E-state index contributed by atoms with van der Waals surface area (Å²) in [6.45, 7) is 6.32. The largest absolute Gasteiger partial charge is 0.462 e. The topological polar surface area (TPSA) is 96.0 Å². The minimum atomic E-state index is -3.62. The van der Waals surface area contributed by atoms with E-state index in [4.69, 9.17) is 4.74 Å². The van der Waals surface area contributed by atoms with Gasteiger partial charge in [0.05, 0.1) is 23.6 Å². The van der Waals surface area contributed by atoms with Crippen molar-refractivity contribution in [2.24, 2.45) is 0 Å². The fourth-order valence-corrected chi connectivity index (χ4v) is 4.13. The molecule has 1 amide bonds. The zero-order valence-corrected chi connectivity index (χ0v) is 15.9. The van der Waals surface area contributed by atoms with Crippen molar-refractivity contribution >= 4 is 21.9 Å². The lowest BCUT2D eigenvalue weighted by Gasteiger charge is -2.33. The number of rotatable bonds is 7. The first kappa shape index (κ1) is 20.3. The molecule has 0 bridgehead atoms. The number of carbonyl (C=O) groups excluding carboxylic acids is 2. The third-order valence-corrected chi connectivity index (χ3v) is 5.99. The van der Waals surface area contributed by atoms with Crippen LogP contribution in [0.15, 0.2) is 29.2 Å². The van der Waals surface area contributed by atoms with Gasteiger partial charge < -0.3 is 10.1 Å². The highest BCUT2D eigenvalue weighted by atomic mass is 32.2. The molecule has 1 heterocycles.